The second-order valence-electron chi connectivity index (χ2n) is 11.5. The minimum absolute atomic E-state index is 0.241. The number of carbonyl (C=O) groups excluding carboxylic acids is 4. The van der Waals surface area contributed by atoms with Crippen LogP contribution in [-0.4, -0.2) is 50.4 Å². The van der Waals surface area contributed by atoms with Crippen molar-refractivity contribution < 1.29 is 38.1 Å². The standard InChI is InChI=1S/C39H38Br2N4O8/c1-50-32-16-10-26(11-17-32)38(48)52-34-20-14-30(40)22-28(34)24-42-44-36(46)8-6-4-3-5-7-9-37(47)45-43-25-29-23-31(41)15-21-35(29)53-39(49)27-12-18-33(51-2)19-13-27/h10-25H,3-9H2,1-2H3,(H,44,46)(H,45,47)/b42-24-,43-25-. The third kappa shape index (κ3) is 13.6. The molecule has 12 nitrogen and oxygen atoms in total. The van der Waals surface area contributed by atoms with Gasteiger partial charge in [-0.25, -0.2) is 20.4 Å². The number of rotatable bonds is 18. The number of esters is 2. The molecule has 0 unspecified atom stereocenters. The van der Waals surface area contributed by atoms with Gasteiger partial charge in [0.05, 0.1) is 37.8 Å². The van der Waals surface area contributed by atoms with Crippen LogP contribution in [0, 0.1) is 0 Å². The van der Waals surface area contributed by atoms with Gasteiger partial charge in [-0.1, -0.05) is 51.1 Å². The number of methoxy groups -OCH3 is 2. The van der Waals surface area contributed by atoms with Gasteiger partial charge in [-0.05, 0) is 97.8 Å². The highest BCUT2D eigenvalue weighted by Crippen LogP contribution is 2.25. The molecule has 4 rings (SSSR count). The average Bonchev–Trinajstić information content (AvgIpc) is 3.16. The molecule has 0 aliphatic carbocycles. The molecule has 0 radical (unpaired) electrons. The first kappa shape index (κ1) is 40.4. The van der Waals surface area contributed by atoms with Gasteiger partial charge < -0.3 is 18.9 Å². The second-order valence-corrected chi connectivity index (χ2v) is 13.3. The zero-order valence-corrected chi connectivity index (χ0v) is 32.3. The van der Waals surface area contributed by atoms with Crippen molar-refractivity contribution >= 4 is 68.0 Å². The Labute approximate surface area is 324 Å². The normalized spacial score (nSPS) is 10.9. The van der Waals surface area contributed by atoms with E-state index in [4.69, 9.17) is 18.9 Å². The van der Waals surface area contributed by atoms with E-state index in [0.717, 1.165) is 28.2 Å². The summed E-state index contributed by atoms with van der Waals surface area (Å²) in [4.78, 5) is 49.9. The first-order valence-corrected chi connectivity index (χ1v) is 18.2. The van der Waals surface area contributed by atoms with E-state index in [1.54, 1.807) is 99.1 Å². The molecule has 53 heavy (non-hydrogen) atoms. The molecule has 0 aliphatic rings. The van der Waals surface area contributed by atoms with Crippen LogP contribution in [0.3, 0.4) is 0 Å². The van der Waals surface area contributed by atoms with Crippen LogP contribution >= 0.6 is 31.9 Å². The molecule has 14 heteroatoms. The number of carbonyl (C=O) groups is 4. The van der Waals surface area contributed by atoms with Gasteiger partial charge in [0.15, 0.2) is 0 Å². The molecule has 0 aromatic heterocycles. The summed E-state index contributed by atoms with van der Waals surface area (Å²) in [5, 5.41) is 8.08. The largest absolute Gasteiger partial charge is 0.497 e. The molecule has 0 bridgehead atoms. The highest BCUT2D eigenvalue weighted by molar-refractivity contribution is 9.10. The van der Waals surface area contributed by atoms with E-state index in [2.05, 4.69) is 52.9 Å². The maximum atomic E-state index is 12.6. The molecule has 2 amide bonds. The van der Waals surface area contributed by atoms with Crippen LogP contribution in [0.4, 0.5) is 0 Å². The van der Waals surface area contributed by atoms with Gasteiger partial charge >= 0.3 is 11.9 Å². The summed E-state index contributed by atoms with van der Waals surface area (Å²) in [6.45, 7) is 0. The number of benzene rings is 4. The first-order valence-electron chi connectivity index (χ1n) is 16.6. The van der Waals surface area contributed by atoms with Gasteiger partial charge in [0, 0.05) is 32.9 Å². The van der Waals surface area contributed by atoms with Crippen LogP contribution in [0.5, 0.6) is 23.0 Å². The Bertz CT molecular complexity index is 1790. The maximum Gasteiger partial charge on any atom is 0.343 e. The van der Waals surface area contributed by atoms with E-state index in [-0.39, 0.29) is 36.2 Å². The molecule has 4 aromatic carbocycles. The topological polar surface area (TPSA) is 154 Å². The van der Waals surface area contributed by atoms with Crippen molar-refractivity contribution in [2.24, 2.45) is 10.2 Å². The van der Waals surface area contributed by atoms with Crippen LogP contribution in [0.15, 0.2) is 104 Å². The second kappa shape index (κ2) is 21.2. The molecule has 4 aromatic rings. The van der Waals surface area contributed by atoms with Crippen molar-refractivity contribution in [2.45, 2.75) is 44.9 Å². The third-order valence-corrected chi connectivity index (χ3v) is 8.58. The van der Waals surface area contributed by atoms with Crippen LogP contribution in [0.25, 0.3) is 0 Å². The Kier molecular flexibility index (Phi) is 16.2. The summed E-state index contributed by atoms with van der Waals surface area (Å²) < 4.78 is 22.9. The smallest absolute Gasteiger partial charge is 0.343 e. The average molecular weight is 851 g/mol. The Morgan fingerprint density at radius 3 is 1.32 bits per heavy atom. The number of hydrogen-bond acceptors (Lipinski definition) is 10. The molecular formula is C39H38Br2N4O8. The van der Waals surface area contributed by atoms with Crippen LogP contribution in [0.1, 0.15) is 76.8 Å². The van der Waals surface area contributed by atoms with Gasteiger partial charge in [0.25, 0.3) is 0 Å². The van der Waals surface area contributed by atoms with Gasteiger partial charge in [-0.3, -0.25) is 9.59 Å². The lowest BCUT2D eigenvalue weighted by Gasteiger charge is -2.09. The van der Waals surface area contributed by atoms with Crippen molar-refractivity contribution in [3.05, 3.63) is 116 Å². The zero-order valence-electron chi connectivity index (χ0n) is 29.1. The van der Waals surface area contributed by atoms with E-state index in [1.807, 2.05) is 0 Å². The van der Waals surface area contributed by atoms with Crippen molar-refractivity contribution in [2.75, 3.05) is 14.2 Å². The predicted octanol–water partition coefficient (Wildman–Crippen LogP) is 8.00. The quantitative estimate of drug-likeness (QED) is 0.0336. The lowest BCUT2D eigenvalue weighted by molar-refractivity contribution is -0.121. The molecule has 0 fully saturated rings. The van der Waals surface area contributed by atoms with E-state index in [9.17, 15) is 19.2 Å². The lowest BCUT2D eigenvalue weighted by Crippen LogP contribution is -2.17. The van der Waals surface area contributed by atoms with Gasteiger partial charge in [0.2, 0.25) is 11.8 Å². The number of hydrazone groups is 2. The van der Waals surface area contributed by atoms with Crippen LogP contribution in [0.2, 0.25) is 0 Å². The van der Waals surface area contributed by atoms with Gasteiger partial charge in [-0.15, -0.1) is 0 Å². The summed E-state index contributed by atoms with van der Waals surface area (Å²) in [6, 6.07) is 23.3. The fourth-order valence-corrected chi connectivity index (χ4v) is 5.52. The molecule has 0 spiro atoms. The van der Waals surface area contributed by atoms with Crippen LogP contribution < -0.4 is 29.8 Å². The molecule has 0 atom stereocenters. The first-order chi connectivity index (χ1) is 25.6. The van der Waals surface area contributed by atoms with E-state index in [1.165, 1.54) is 12.4 Å². The number of hydrogen-bond donors (Lipinski definition) is 2. The summed E-state index contributed by atoms with van der Waals surface area (Å²) in [7, 11) is 3.09. The fraction of sp³-hybridized carbons (Fsp3) is 0.231. The number of unbranched alkanes of at least 4 members (excludes halogenated alkanes) is 4. The molecular weight excluding hydrogens is 812 g/mol. The number of amides is 2. The number of nitrogens with one attached hydrogen (secondary N) is 2. The van der Waals surface area contributed by atoms with Crippen molar-refractivity contribution in [1.29, 1.82) is 0 Å². The molecule has 276 valence electrons. The van der Waals surface area contributed by atoms with Gasteiger partial charge in [-0.2, -0.15) is 10.2 Å². The molecule has 0 saturated heterocycles. The Morgan fingerprint density at radius 2 is 0.943 bits per heavy atom. The number of ether oxygens (including phenoxy) is 4. The number of halogens is 2. The van der Waals surface area contributed by atoms with Crippen molar-refractivity contribution in [3.8, 4) is 23.0 Å². The predicted molar refractivity (Wildman–Crippen MR) is 208 cm³/mol. The molecule has 0 heterocycles. The molecule has 2 N–H and O–H groups in total. The zero-order chi connectivity index (χ0) is 38.0. The van der Waals surface area contributed by atoms with Crippen LogP contribution in [-0.2, 0) is 9.59 Å². The number of nitrogens with zero attached hydrogens (tertiary/aromatic N) is 2. The van der Waals surface area contributed by atoms with E-state index < -0.39 is 11.9 Å². The minimum atomic E-state index is -0.541. The van der Waals surface area contributed by atoms with Crippen molar-refractivity contribution in [3.63, 3.8) is 0 Å². The Morgan fingerprint density at radius 1 is 0.566 bits per heavy atom. The van der Waals surface area contributed by atoms with Crippen molar-refractivity contribution in [1.82, 2.24) is 10.9 Å². The summed E-state index contributed by atoms with van der Waals surface area (Å²) in [5.74, 6) is 0.259. The van der Waals surface area contributed by atoms with E-state index >= 15 is 0 Å². The SMILES string of the molecule is COc1ccc(C(=O)Oc2ccc(Br)cc2/C=N\NC(=O)CCCCCCCC(=O)N/N=C\c2cc(Br)ccc2OC(=O)c2ccc(OC)cc2)cc1. The van der Waals surface area contributed by atoms with Gasteiger partial charge in [0.1, 0.15) is 23.0 Å². The summed E-state index contributed by atoms with van der Waals surface area (Å²) in [6.07, 6.45) is 7.23. The highest BCUT2D eigenvalue weighted by atomic mass is 79.9. The maximum absolute atomic E-state index is 12.6. The lowest BCUT2D eigenvalue weighted by atomic mass is 10.1. The highest BCUT2D eigenvalue weighted by Gasteiger charge is 2.14. The fourth-order valence-electron chi connectivity index (χ4n) is 4.76. The Hall–Kier alpha value is -5.34. The Balaban J connectivity index is 1.12. The molecule has 0 saturated carbocycles. The third-order valence-electron chi connectivity index (χ3n) is 7.59. The minimum Gasteiger partial charge on any atom is -0.497 e. The molecule has 0 aliphatic heterocycles. The summed E-state index contributed by atoms with van der Waals surface area (Å²) >= 11 is 6.81. The summed E-state index contributed by atoms with van der Waals surface area (Å²) in [5.41, 5.74) is 6.75. The monoisotopic (exact) mass is 848 g/mol. The van der Waals surface area contributed by atoms with E-state index in [0.29, 0.717) is 46.6 Å².